The van der Waals surface area contributed by atoms with Crippen molar-refractivity contribution >= 4 is 29.1 Å². The SMILES string of the molecule is N#CC(C#N)=NNc1ccc(CSc2ccccc2C(=O)O)cc1. The van der Waals surface area contributed by atoms with Gasteiger partial charge in [-0.2, -0.15) is 15.6 Å². The van der Waals surface area contributed by atoms with Crippen LogP contribution in [-0.2, 0) is 5.75 Å². The number of nitrogens with one attached hydrogen (secondary N) is 1. The lowest BCUT2D eigenvalue weighted by Crippen LogP contribution is -1.98. The summed E-state index contributed by atoms with van der Waals surface area (Å²) in [6.45, 7) is 0. The average molecular weight is 336 g/mol. The smallest absolute Gasteiger partial charge is 0.336 e. The van der Waals surface area contributed by atoms with E-state index in [2.05, 4.69) is 10.5 Å². The summed E-state index contributed by atoms with van der Waals surface area (Å²) < 4.78 is 0. The molecule has 0 saturated carbocycles. The van der Waals surface area contributed by atoms with Crippen LogP contribution in [-0.4, -0.2) is 16.8 Å². The van der Waals surface area contributed by atoms with Crippen molar-refractivity contribution in [1.29, 1.82) is 10.5 Å². The van der Waals surface area contributed by atoms with Crippen molar-refractivity contribution < 1.29 is 9.90 Å². The van der Waals surface area contributed by atoms with Crippen LogP contribution in [0.2, 0.25) is 0 Å². The fraction of sp³-hybridized carbons (Fsp3) is 0.0588. The van der Waals surface area contributed by atoms with Crippen LogP contribution in [0.15, 0.2) is 58.5 Å². The Balaban J connectivity index is 2.01. The first-order valence-electron chi connectivity index (χ1n) is 6.82. The Morgan fingerprint density at radius 1 is 1.12 bits per heavy atom. The molecule has 2 aromatic rings. The molecule has 0 amide bonds. The van der Waals surface area contributed by atoms with Crippen molar-refractivity contribution in [2.75, 3.05) is 5.43 Å². The fourth-order valence-electron chi connectivity index (χ4n) is 1.80. The summed E-state index contributed by atoms with van der Waals surface area (Å²) in [6, 6.07) is 17.5. The van der Waals surface area contributed by atoms with Gasteiger partial charge in [-0.15, -0.1) is 11.8 Å². The second kappa shape index (κ2) is 8.37. The minimum atomic E-state index is -0.943. The molecule has 0 saturated heterocycles. The Kier molecular flexibility index (Phi) is 5.95. The number of aromatic carboxylic acids is 1. The van der Waals surface area contributed by atoms with Crippen LogP contribution in [0.1, 0.15) is 15.9 Å². The van der Waals surface area contributed by atoms with Crippen LogP contribution in [0.5, 0.6) is 0 Å². The average Bonchev–Trinajstić information content (AvgIpc) is 2.62. The lowest BCUT2D eigenvalue weighted by Gasteiger charge is -2.06. The molecule has 2 rings (SSSR count). The topological polar surface area (TPSA) is 109 Å². The molecule has 0 aliphatic rings. The quantitative estimate of drug-likeness (QED) is 0.475. The number of thioether (sulfide) groups is 1. The second-order valence-electron chi connectivity index (χ2n) is 4.58. The van der Waals surface area contributed by atoms with Gasteiger partial charge < -0.3 is 5.11 Å². The number of nitrogens with zero attached hydrogens (tertiary/aromatic N) is 3. The van der Waals surface area contributed by atoms with E-state index in [4.69, 9.17) is 15.6 Å². The van der Waals surface area contributed by atoms with E-state index in [1.165, 1.54) is 11.8 Å². The van der Waals surface area contributed by atoms with E-state index < -0.39 is 5.97 Å². The van der Waals surface area contributed by atoms with E-state index in [1.807, 2.05) is 18.2 Å². The molecule has 0 fully saturated rings. The third-order valence-corrected chi connectivity index (χ3v) is 4.12. The zero-order chi connectivity index (χ0) is 17.4. The van der Waals surface area contributed by atoms with Crippen LogP contribution < -0.4 is 5.43 Å². The van der Waals surface area contributed by atoms with Gasteiger partial charge in [0.25, 0.3) is 0 Å². The van der Waals surface area contributed by atoms with Crippen LogP contribution in [0.25, 0.3) is 0 Å². The molecule has 2 N–H and O–H groups in total. The Morgan fingerprint density at radius 3 is 2.42 bits per heavy atom. The predicted octanol–water partition coefficient (Wildman–Crippen LogP) is 3.49. The number of rotatable bonds is 6. The molecule has 0 radical (unpaired) electrons. The van der Waals surface area contributed by atoms with Gasteiger partial charge >= 0.3 is 5.97 Å². The van der Waals surface area contributed by atoms with Gasteiger partial charge in [-0.05, 0) is 29.8 Å². The lowest BCUT2D eigenvalue weighted by molar-refractivity contribution is 0.0693. The van der Waals surface area contributed by atoms with E-state index in [0.717, 1.165) is 5.56 Å². The molecular formula is C17H12N4O2S. The summed E-state index contributed by atoms with van der Waals surface area (Å²) in [5.41, 5.74) is 4.33. The molecule has 0 spiro atoms. The predicted molar refractivity (Wildman–Crippen MR) is 91.7 cm³/mol. The molecule has 6 nitrogen and oxygen atoms in total. The van der Waals surface area contributed by atoms with Gasteiger partial charge in [0.05, 0.1) is 11.3 Å². The monoisotopic (exact) mass is 336 g/mol. The number of hydrogen-bond donors (Lipinski definition) is 2. The zero-order valence-corrected chi connectivity index (χ0v) is 13.2. The molecule has 0 aliphatic heterocycles. The molecule has 0 bridgehead atoms. The van der Waals surface area contributed by atoms with Crippen molar-refractivity contribution in [1.82, 2.24) is 0 Å². The number of carboxylic acid groups (broad SMARTS) is 1. The van der Waals surface area contributed by atoms with Crippen molar-refractivity contribution in [2.45, 2.75) is 10.6 Å². The maximum atomic E-state index is 11.2. The summed E-state index contributed by atoms with van der Waals surface area (Å²) in [5.74, 6) is -0.323. The third-order valence-electron chi connectivity index (χ3n) is 2.97. The Hall–Kier alpha value is -3.29. The maximum absolute atomic E-state index is 11.2. The molecule has 7 heteroatoms. The minimum absolute atomic E-state index is 0.250. The van der Waals surface area contributed by atoms with Gasteiger partial charge in [0.1, 0.15) is 12.1 Å². The minimum Gasteiger partial charge on any atom is -0.478 e. The van der Waals surface area contributed by atoms with Gasteiger partial charge in [0.15, 0.2) is 0 Å². The molecular weight excluding hydrogens is 324 g/mol. The Bertz CT molecular complexity index is 832. The highest BCUT2D eigenvalue weighted by Crippen LogP contribution is 2.26. The molecule has 24 heavy (non-hydrogen) atoms. The van der Waals surface area contributed by atoms with Crippen LogP contribution >= 0.6 is 11.8 Å². The van der Waals surface area contributed by atoms with Crippen molar-refractivity contribution in [3.63, 3.8) is 0 Å². The number of carboxylic acids is 1. The number of nitriles is 2. The third kappa shape index (κ3) is 4.60. The number of hydrogen-bond acceptors (Lipinski definition) is 6. The summed E-state index contributed by atoms with van der Waals surface area (Å²) in [6.07, 6.45) is 0. The largest absolute Gasteiger partial charge is 0.478 e. The standard InChI is InChI=1S/C17H12N4O2S/c18-9-14(10-19)21-20-13-7-5-12(6-8-13)11-24-16-4-2-1-3-15(16)17(22)23/h1-8,20H,11H2,(H,22,23). The van der Waals surface area contributed by atoms with Crippen molar-refractivity contribution in [3.05, 3.63) is 59.7 Å². The summed E-state index contributed by atoms with van der Waals surface area (Å²) in [7, 11) is 0. The Morgan fingerprint density at radius 2 is 1.79 bits per heavy atom. The molecule has 0 heterocycles. The second-order valence-corrected chi connectivity index (χ2v) is 5.60. The molecule has 0 atom stereocenters. The molecule has 118 valence electrons. The summed E-state index contributed by atoms with van der Waals surface area (Å²) in [5, 5.41) is 30.0. The van der Waals surface area contributed by atoms with E-state index >= 15 is 0 Å². The van der Waals surface area contributed by atoms with E-state index in [0.29, 0.717) is 16.3 Å². The zero-order valence-electron chi connectivity index (χ0n) is 12.4. The van der Waals surface area contributed by atoms with Crippen LogP contribution in [0, 0.1) is 22.7 Å². The van der Waals surface area contributed by atoms with Gasteiger partial charge in [0.2, 0.25) is 5.71 Å². The van der Waals surface area contributed by atoms with Crippen molar-refractivity contribution in [2.24, 2.45) is 5.10 Å². The summed E-state index contributed by atoms with van der Waals surface area (Å²) >= 11 is 1.44. The van der Waals surface area contributed by atoms with E-state index in [1.54, 1.807) is 42.5 Å². The van der Waals surface area contributed by atoms with Crippen molar-refractivity contribution in [3.8, 4) is 12.1 Å². The van der Waals surface area contributed by atoms with Gasteiger partial charge in [-0.3, -0.25) is 5.43 Å². The highest BCUT2D eigenvalue weighted by atomic mass is 32.2. The number of carbonyl (C=O) groups is 1. The van der Waals surface area contributed by atoms with Gasteiger partial charge in [0, 0.05) is 10.6 Å². The molecule has 0 unspecified atom stereocenters. The normalized spacial score (nSPS) is 9.42. The number of hydrazone groups is 1. The van der Waals surface area contributed by atoms with Gasteiger partial charge in [-0.25, -0.2) is 4.79 Å². The first kappa shape index (κ1) is 17.1. The first-order chi connectivity index (χ1) is 11.6. The number of anilines is 1. The molecule has 0 aromatic heterocycles. The van der Waals surface area contributed by atoms with E-state index in [9.17, 15) is 4.79 Å². The maximum Gasteiger partial charge on any atom is 0.336 e. The van der Waals surface area contributed by atoms with Crippen LogP contribution in [0.3, 0.4) is 0 Å². The molecule has 0 aliphatic carbocycles. The summed E-state index contributed by atoms with van der Waals surface area (Å²) in [4.78, 5) is 11.9. The lowest BCUT2D eigenvalue weighted by atomic mass is 10.2. The highest BCUT2D eigenvalue weighted by Gasteiger charge is 2.09. The molecule has 2 aromatic carbocycles. The highest BCUT2D eigenvalue weighted by molar-refractivity contribution is 7.98. The van der Waals surface area contributed by atoms with Gasteiger partial charge in [-0.1, -0.05) is 24.3 Å². The van der Waals surface area contributed by atoms with Crippen LogP contribution in [0.4, 0.5) is 5.69 Å². The van der Waals surface area contributed by atoms with E-state index in [-0.39, 0.29) is 11.3 Å². The first-order valence-corrected chi connectivity index (χ1v) is 7.80. The Labute approximate surface area is 143 Å². The number of benzene rings is 2. The fourth-order valence-corrected chi connectivity index (χ4v) is 2.80.